The molecule has 21 heavy (non-hydrogen) atoms. The molecule has 112 valence electrons. The zero-order valence-electron chi connectivity index (χ0n) is 11.5. The third kappa shape index (κ3) is 2.75. The summed E-state index contributed by atoms with van der Waals surface area (Å²) in [6.07, 6.45) is 6.70. The van der Waals surface area contributed by atoms with Gasteiger partial charge in [0.25, 0.3) is 5.91 Å². The van der Waals surface area contributed by atoms with Crippen molar-refractivity contribution in [2.45, 2.75) is 44.2 Å². The van der Waals surface area contributed by atoms with Crippen LogP contribution in [-0.2, 0) is 4.79 Å². The molecule has 0 aromatic carbocycles. The zero-order chi connectivity index (χ0) is 15.0. The maximum Gasteiger partial charge on any atom is 0.303 e. The third-order valence-electron chi connectivity index (χ3n) is 4.53. The summed E-state index contributed by atoms with van der Waals surface area (Å²) in [7, 11) is 0. The molecule has 2 aliphatic heterocycles. The summed E-state index contributed by atoms with van der Waals surface area (Å²) in [6, 6.07) is 1.89. The quantitative estimate of drug-likeness (QED) is 0.931. The Balaban J connectivity index is 1.78. The van der Waals surface area contributed by atoms with Gasteiger partial charge in [0, 0.05) is 30.9 Å². The zero-order valence-corrected chi connectivity index (χ0v) is 12.3. The van der Waals surface area contributed by atoms with Crippen LogP contribution in [0.25, 0.3) is 0 Å². The summed E-state index contributed by atoms with van der Waals surface area (Å²) in [5.74, 6) is -0.655. The van der Waals surface area contributed by atoms with Crippen molar-refractivity contribution in [1.29, 1.82) is 0 Å². The van der Waals surface area contributed by atoms with Gasteiger partial charge in [0.1, 0.15) is 0 Å². The molecule has 2 saturated heterocycles. The SMILES string of the molecule is O=C(O)CC1CC2CCC(C1)N2C(=O)c1cnccc1Cl. The maximum atomic E-state index is 12.7. The molecule has 0 radical (unpaired) electrons. The average molecular weight is 309 g/mol. The van der Waals surface area contributed by atoms with Crippen molar-refractivity contribution < 1.29 is 14.7 Å². The normalized spacial score (nSPS) is 27.7. The van der Waals surface area contributed by atoms with Crippen LogP contribution in [0.1, 0.15) is 42.5 Å². The van der Waals surface area contributed by atoms with Gasteiger partial charge in [0.2, 0.25) is 0 Å². The minimum atomic E-state index is -0.755. The Bertz CT molecular complexity index is 564. The lowest BCUT2D eigenvalue weighted by Gasteiger charge is -2.38. The van der Waals surface area contributed by atoms with Gasteiger partial charge in [-0.25, -0.2) is 0 Å². The van der Waals surface area contributed by atoms with Gasteiger partial charge in [0.15, 0.2) is 0 Å². The van der Waals surface area contributed by atoms with Crippen molar-refractivity contribution >= 4 is 23.5 Å². The van der Waals surface area contributed by atoms with E-state index in [1.807, 2.05) is 4.90 Å². The summed E-state index contributed by atoms with van der Waals surface area (Å²) in [5, 5.41) is 9.36. The third-order valence-corrected chi connectivity index (χ3v) is 4.86. The van der Waals surface area contributed by atoms with Gasteiger partial charge in [-0.1, -0.05) is 11.6 Å². The van der Waals surface area contributed by atoms with E-state index in [4.69, 9.17) is 16.7 Å². The molecule has 0 spiro atoms. The number of carboxylic acids is 1. The Morgan fingerprint density at radius 3 is 2.57 bits per heavy atom. The minimum absolute atomic E-state index is 0.0747. The Kier molecular flexibility index (Phi) is 3.85. The molecule has 1 N–H and O–H groups in total. The van der Waals surface area contributed by atoms with E-state index in [9.17, 15) is 9.59 Å². The number of piperidine rings is 1. The fraction of sp³-hybridized carbons (Fsp3) is 0.533. The van der Waals surface area contributed by atoms with E-state index in [0.29, 0.717) is 10.6 Å². The molecule has 1 aromatic heterocycles. The van der Waals surface area contributed by atoms with Crippen LogP contribution in [0.4, 0.5) is 0 Å². The van der Waals surface area contributed by atoms with Crippen LogP contribution < -0.4 is 0 Å². The predicted octanol–water partition coefficient (Wildman–Crippen LogP) is 2.59. The molecule has 2 unspecified atom stereocenters. The number of carboxylic acid groups (broad SMARTS) is 1. The molecule has 5 nitrogen and oxygen atoms in total. The highest BCUT2D eigenvalue weighted by Crippen LogP contribution is 2.41. The Morgan fingerprint density at radius 2 is 2.00 bits per heavy atom. The first-order valence-corrected chi connectivity index (χ1v) is 7.58. The Labute approximate surface area is 127 Å². The van der Waals surface area contributed by atoms with Crippen LogP contribution in [0.5, 0.6) is 0 Å². The van der Waals surface area contributed by atoms with Crippen LogP contribution in [0.2, 0.25) is 5.02 Å². The van der Waals surface area contributed by atoms with Gasteiger partial charge in [-0.2, -0.15) is 0 Å². The van der Waals surface area contributed by atoms with Crippen molar-refractivity contribution in [2.75, 3.05) is 0 Å². The average Bonchev–Trinajstić information content (AvgIpc) is 2.69. The van der Waals surface area contributed by atoms with Crippen molar-refractivity contribution in [3.63, 3.8) is 0 Å². The van der Waals surface area contributed by atoms with Gasteiger partial charge in [-0.15, -0.1) is 0 Å². The second kappa shape index (κ2) is 5.64. The predicted molar refractivity (Wildman–Crippen MR) is 77.2 cm³/mol. The van der Waals surface area contributed by atoms with Gasteiger partial charge < -0.3 is 10.0 Å². The summed E-state index contributed by atoms with van der Waals surface area (Å²) in [4.78, 5) is 29.5. The minimum Gasteiger partial charge on any atom is -0.481 e. The second-order valence-corrected chi connectivity index (χ2v) is 6.30. The molecule has 2 bridgehead atoms. The molecule has 0 saturated carbocycles. The summed E-state index contributed by atoms with van der Waals surface area (Å²) in [5.41, 5.74) is 0.438. The maximum absolute atomic E-state index is 12.7. The first-order chi connectivity index (χ1) is 10.1. The summed E-state index contributed by atoms with van der Waals surface area (Å²) >= 11 is 6.09. The van der Waals surface area contributed by atoms with Crippen LogP contribution in [-0.4, -0.2) is 39.0 Å². The first kappa shape index (κ1) is 14.3. The molecule has 2 aliphatic rings. The van der Waals surface area contributed by atoms with E-state index in [2.05, 4.69) is 4.98 Å². The molecule has 1 aromatic rings. The smallest absolute Gasteiger partial charge is 0.303 e. The van der Waals surface area contributed by atoms with Crippen LogP contribution >= 0.6 is 11.6 Å². The van der Waals surface area contributed by atoms with E-state index in [-0.39, 0.29) is 30.3 Å². The number of rotatable bonds is 3. The molecule has 6 heteroatoms. The number of hydrogen-bond acceptors (Lipinski definition) is 3. The first-order valence-electron chi connectivity index (χ1n) is 7.20. The Hall–Kier alpha value is -1.62. The van der Waals surface area contributed by atoms with E-state index < -0.39 is 5.97 Å². The van der Waals surface area contributed by atoms with Crippen molar-refractivity contribution in [2.24, 2.45) is 5.92 Å². The van der Waals surface area contributed by atoms with Gasteiger partial charge in [-0.05, 0) is 37.7 Å². The molecule has 3 heterocycles. The monoisotopic (exact) mass is 308 g/mol. The number of halogens is 1. The van der Waals surface area contributed by atoms with E-state index in [1.54, 1.807) is 12.3 Å². The standard InChI is InChI=1S/C15H17ClN2O3/c16-13-3-4-17-8-12(13)15(21)18-10-1-2-11(18)6-9(5-10)7-14(19)20/h3-4,8-11H,1-2,5-7H2,(H,19,20). The van der Waals surface area contributed by atoms with Crippen molar-refractivity contribution in [1.82, 2.24) is 9.88 Å². The lowest BCUT2D eigenvalue weighted by atomic mass is 9.88. The van der Waals surface area contributed by atoms with Crippen LogP contribution in [0.3, 0.4) is 0 Å². The molecule has 3 rings (SSSR count). The number of hydrogen-bond donors (Lipinski definition) is 1. The highest BCUT2D eigenvalue weighted by atomic mass is 35.5. The number of carbonyl (C=O) groups excluding carboxylic acids is 1. The molecule has 2 atom stereocenters. The van der Waals surface area contributed by atoms with Gasteiger partial charge in [0.05, 0.1) is 10.6 Å². The van der Waals surface area contributed by atoms with Gasteiger partial charge in [-0.3, -0.25) is 14.6 Å². The lowest BCUT2D eigenvalue weighted by molar-refractivity contribution is -0.138. The number of pyridine rings is 1. The highest BCUT2D eigenvalue weighted by molar-refractivity contribution is 6.33. The van der Waals surface area contributed by atoms with E-state index in [0.717, 1.165) is 25.7 Å². The largest absolute Gasteiger partial charge is 0.481 e. The number of aromatic nitrogens is 1. The summed E-state index contributed by atoms with van der Waals surface area (Å²) in [6.45, 7) is 0. The fourth-order valence-corrected chi connectivity index (χ4v) is 3.89. The fourth-order valence-electron chi connectivity index (χ4n) is 3.71. The number of aliphatic carboxylic acids is 1. The lowest BCUT2D eigenvalue weighted by Crippen LogP contribution is -2.47. The molecule has 2 fully saturated rings. The van der Waals surface area contributed by atoms with Crippen molar-refractivity contribution in [3.8, 4) is 0 Å². The Morgan fingerprint density at radius 1 is 1.33 bits per heavy atom. The van der Waals surface area contributed by atoms with Crippen molar-refractivity contribution in [3.05, 3.63) is 29.0 Å². The number of nitrogens with zero attached hydrogens (tertiary/aromatic N) is 2. The van der Waals surface area contributed by atoms with E-state index >= 15 is 0 Å². The molecule has 0 aliphatic carbocycles. The molecular weight excluding hydrogens is 292 g/mol. The number of amides is 1. The van der Waals surface area contributed by atoms with Crippen LogP contribution in [0.15, 0.2) is 18.5 Å². The highest BCUT2D eigenvalue weighted by Gasteiger charge is 2.44. The topological polar surface area (TPSA) is 70.5 Å². The van der Waals surface area contributed by atoms with Gasteiger partial charge >= 0.3 is 5.97 Å². The molecule has 1 amide bonds. The second-order valence-electron chi connectivity index (χ2n) is 5.89. The molecular formula is C15H17ClN2O3. The summed E-state index contributed by atoms with van der Waals surface area (Å²) < 4.78 is 0. The number of carbonyl (C=O) groups is 2. The van der Waals surface area contributed by atoms with Crippen LogP contribution in [0, 0.1) is 5.92 Å². The van der Waals surface area contributed by atoms with E-state index in [1.165, 1.54) is 6.20 Å². The number of fused-ring (bicyclic) bond motifs is 2.